The monoisotopic (exact) mass is 482 g/mol. The van der Waals surface area contributed by atoms with Crippen LogP contribution in [0.3, 0.4) is 0 Å². The summed E-state index contributed by atoms with van der Waals surface area (Å²) in [7, 11) is -0.200. The van der Waals surface area contributed by atoms with E-state index in [2.05, 4.69) is 42.5 Å². The number of aryl methyl sites for hydroxylation is 1. The van der Waals surface area contributed by atoms with Crippen LogP contribution in [0.1, 0.15) is 32.3 Å². The fourth-order valence-corrected chi connectivity index (χ4v) is 5.96. The van der Waals surface area contributed by atoms with E-state index >= 15 is 0 Å². The highest BCUT2D eigenvalue weighted by Crippen LogP contribution is 2.42. The van der Waals surface area contributed by atoms with E-state index in [1.165, 1.54) is 10.9 Å². The minimum atomic E-state index is -1.14. The average Bonchev–Trinajstić information content (AvgIpc) is 2.85. The summed E-state index contributed by atoms with van der Waals surface area (Å²) in [4.78, 5) is 14.0. The molecule has 2 unspecified atom stereocenters. The molecule has 0 amide bonds. The molecular formula is C27H31O4PS. The van der Waals surface area contributed by atoms with Gasteiger partial charge in [-0.1, -0.05) is 60.7 Å². The standard InChI is InChI=1S/C27H31O4PS/c1-3-30-26(28)25(16-10-13-21-11-6-5-7-12-21)27(32-29,31-4-2)20-33-24-18-17-22-14-8-9-15-23(22)19-24/h5-9,11-12,14-15,17-19,25H,3-4,10,13,16,20H2,1-2H3. The van der Waals surface area contributed by atoms with Crippen molar-refractivity contribution in [2.45, 2.75) is 43.3 Å². The van der Waals surface area contributed by atoms with Gasteiger partial charge < -0.3 is 9.47 Å². The van der Waals surface area contributed by atoms with Crippen molar-refractivity contribution in [1.29, 1.82) is 0 Å². The van der Waals surface area contributed by atoms with Gasteiger partial charge in [0.05, 0.1) is 12.5 Å². The van der Waals surface area contributed by atoms with Gasteiger partial charge in [-0.25, -0.2) is 0 Å². The third-order valence-electron chi connectivity index (χ3n) is 5.63. The third kappa shape index (κ3) is 6.89. The molecule has 3 rings (SSSR count). The van der Waals surface area contributed by atoms with Crippen LogP contribution in [-0.4, -0.2) is 30.3 Å². The van der Waals surface area contributed by atoms with Gasteiger partial charge in [0.2, 0.25) is 0 Å². The molecule has 0 saturated heterocycles. The Morgan fingerprint density at radius 2 is 1.70 bits per heavy atom. The molecule has 4 nitrogen and oxygen atoms in total. The Labute approximate surface area is 202 Å². The first kappa shape index (κ1) is 25.4. The number of carbonyl (C=O) groups excluding carboxylic acids is 1. The van der Waals surface area contributed by atoms with Crippen molar-refractivity contribution < 1.29 is 18.8 Å². The van der Waals surface area contributed by atoms with Crippen molar-refractivity contribution in [1.82, 2.24) is 0 Å². The molecular weight excluding hydrogens is 451 g/mol. The Morgan fingerprint density at radius 3 is 2.39 bits per heavy atom. The summed E-state index contributed by atoms with van der Waals surface area (Å²) in [6, 6.07) is 24.6. The predicted octanol–water partition coefficient (Wildman–Crippen LogP) is 7.16. The van der Waals surface area contributed by atoms with E-state index in [4.69, 9.17) is 9.47 Å². The summed E-state index contributed by atoms with van der Waals surface area (Å²) in [6.07, 6.45) is 2.16. The lowest BCUT2D eigenvalue weighted by Crippen LogP contribution is -2.43. The van der Waals surface area contributed by atoms with E-state index in [0.29, 0.717) is 18.8 Å². The molecule has 0 radical (unpaired) electrons. The summed E-state index contributed by atoms with van der Waals surface area (Å²) < 4.78 is 24.1. The summed E-state index contributed by atoms with van der Waals surface area (Å²) in [5.41, 5.74) is 1.22. The smallest absolute Gasteiger partial charge is 0.312 e. The van der Waals surface area contributed by atoms with Crippen LogP contribution in [0.2, 0.25) is 0 Å². The first-order chi connectivity index (χ1) is 16.1. The van der Waals surface area contributed by atoms with Crippen LogP contribution >= 0.6 is 20.2 Å². The number of fused-ring (bicyclic) bond motifs is 1. The van der Waals surface area contributed by atoms with Crippen molar-refractivity contribution in [3.63, 3.8) is 0 Å². The Morgan fingerprint density at radius 1 is 0.970 bits per heavy atom. The van der Waals surface area contributed by atoms with E-state index in [1.54, 1.807) is 18.7 Å². The molecule has 0 saturated carbocycles. The maximum absolute atomic E-state index is 13.0. The summed E-state index contributed by atoms with van der Waals surface area (Å²) >= 11 is 1.56. The van der Waals surface area contributed by atoms with Gasteiger partial charge in [-0.05, 0) is 61.6 Å². The summed E-state index contributed by atoms with van der Waals surface area (Å²) in [5.74, 6) is -0.575. The highest BCUT2D eigenvalue weighted by molar-refractivity contribution is 7.99. The molecule has 0 spiro atoms. The fraction of sp³-hybridized carbons (Fsp3) is 0.370. The number of benzene rings is 3. The van der Waals surface area contributed by atoms with E-state index in [-0.39, 0.29) is 21.0 Å². The summed E-state index contributed by atoms with van der Waals surface area (Å²) in [5, 5.41) is 1.17. The zero-order valence-corrected chi connectivity index (χ0v) is 20.9. The van der Waals surface area contributed by atoms with Gasteiger partial charge in [0, 0.05) is 17.3 Å². The number of ether oxygens (including phenoxy) is 2. The maximum Gasteiger partial charge on any atom is 0.312 e. The number of hydrogen-bond donors (Lipinski definition) is 0. The number of carbonyl (C=O) groups is 1. The van der Waals surface area contributed by atoms with E-state index < -0.39 is 11.3 Å². The molecule has 2 atom stereocenters. The summed E-state index contributed by atoms with van der Waals surface area (Å²) in [6.45, 7) is 4.30. The highest BCUT2D eigenvalue weighted by Gasteiger charge is 2.46. The first-order valence-electron chi connectivity index (χ1n) is 11.4. The lowest BCUT2D eigenvalue weighted by molar-refractivity contribution is -0.155. The van der Waals surface area contributed by atoms with Gasteiger partial charge in [0.25, 0.3) is 0 Å². The molecule has 33 heavy (non-hydrogen) atoms. The van der Waals surface area contributed by atoms with Gasteiger partial charge >= 0.3 is 5.97 Å². The second-order valence-electron chi connectivity index (χ2n) is 7.85. The number of hydrogen-bond acceptors (Lipinski definition) is 5. The molecule has 0 aliphatic rings. The maximum atomic E-state index is 13.0. The van der Waals surface area contributed by atoms with Crippen LogP contribution in [0.4, 0.5) is 0 Å². The first-order valence-corrected chi connectivity index (χ1v) is 13.2. The topological polar surface area (TPSA) is 52.6 Å². The number of esters is 1. The minimum Gasteiger partial charge on any atom is -0.466 e. The SMILES string of the molecule is CCOC(=O)C(CCCc1ccccc1)C(CSc1ccc2ccccc2c1)(OCC)P=O. The zero-order valence-electron chi connectivity index (χ0n) is 19.2. The Bertz CT molecular complexity index is 1040. The van der Waals surface area contributed by atoms with Crippen molar-refractivity contribution in [2.24, 2.45) is 5.92 Å². The van der Waals surface area contributed by atoms with Crippen LogP contribution in [0.15, 0.2) is 77.7 Å². The van der Waals surface area contributed by atoms with Gasteiger partial charge in [-0.15, -0.1) is 11.8 Å². The quantitative estimate of drug-likeness (QED) is 0.147. The largest absolute Gasteiger partial charge is 0.466 e. The van der Waals surface area contributed by atoms with Gasteiger partial charge in [0.15, 0.2) is 13.8 Å². The molecule has 0 aliphatic heterocycles. The van der Waals surface area contributed by atoms with Crippen LogP contribution in [0.25, 0.3) is 10.8 Å². The molecule has 174 valence electrons. The second kappa shape index (κ2) is 12.9. The number of rotatable bonds is 13. The van der Waals surface area contributed by atoms with Gasteiger partial charge in [-0.2, -0.15) is 0 Å². The lowest BCUT2D eigenvalue weighted by atomic mass is 9.94. The van der Waals surface area contributed by atoms with Crippen molar-refractivity contribution in [3.8, 4) is 0 Å². The van der Waals surface area contributed by atoms with Crippen molar-refractivity contribution >= 4 is 37.0 Å². The minimum absolute atomic E-state index is 0.200. The third-order valence-corrected chi connectivity index (χ3v) is 7.91. The molecule has 3 aromatic rings. The van der Waals surface area contributed by atoms with Gasteiger partial charge in [0.1, 0.15) is 0 Å². The molecule has 6 heteroatoms. The predicted molar refractivity (Wildman–Crippen MR) is 136 cm³/mol. The fourth-order valence-electron chi connectivity index (χ4n) is 3.98. The Kier molecular flexibility index (Phi) is 9.93. The van der Waals surface area contributed by atoms with Crippen molar-refractivity contribution in [3.05, 3.63) is 78.4 Å². The molecule has 0 aliphatic carbocycles. The molecule has 0 N–H and O–H groups in total. The highest BCUT2D eigenvalue weighted by atomic mass is 32.2. The molecule has 0 heterocycles. The Balaban J connectivity index is 1.79. The van der Waals surface area contributed by atoms with Crippen LogP contribution in [0.5, 0.6) is 0 Å². The van der Waals surface area contributed by atoms with E-state index in [0.717, 1.165) is 23.1 Å². The van der Waals surface area contributed by atoms with Crippen LogP contribution in [-0.2, 0) is 25.3 Å². The zero-order chi connectivity index (χ0) is 23.5. The molecule has 0 fully saturated rings. The van der Waals surface area contributed by atoms with Gasteiger partial charge in [-0.3, -0.25) is 9.36 Å². The lowest BCUT2D eigenvalue weighted by Gasteiger charge is -2.33. The van der Waals surface area contributed by atoms with Crippen LogP contribution < -0.4 is 0 Å². The number of thioether (sulfide) groups is 1. The molecule has 3 aromatic carbocycles. The Hall–Kier alpha value is -2.20. The van der Waals surface area contributed by atoms with Crippen molar-refractivity contribution in [2.75, 3.05) is 19.0 Å². The molecule has 0 aromatic heterocycles. The van der Waals surface area contributed by atoms with E-state index in [1.807, 2.05) is 37.3 Å². The van der Waals surface area contributed by atoms with E-state index in [9.17, 15) is 9.36 Å². The second-order valence-corrected chi connectivity index (χ2v) is 9.84. The normalized spacial score (nSPS) is 14.1. The van der Waals surface area contributed by atoms with Crippen LogP contribution in [0, 0.1) is 5.92 Å². The molecule has 0 bridgehead atoms. The average molecular weight is 483 g/mol.